The zero-order valence-corrected chi connectivity index (χ0v) is 91.6. The maximum absolute atomic E-state index is 12.6. The largest absolute Gasteiger partial charge is 0.207 e. The molecule has 0 aromatic heterocycles. The predicted octanol–water partition coefficient (Wildman–Crippen LogP) is 40.9. The Morgan fingerprint density at radius 2 is 0.240 bits per heavy atom. The summed E-state index contributed by atoms with van der Waals surface area (Å²) in [4.78, 5) is 0. The lowest BCUT2D eigenvalue weighted by atomic mass is 10.0. The monoisotopic (exact) mass is 2050 g/mol. The van der Waals surface area contributed by atoms with Crippen molar-refractivity contribution in [3.8, 4) is 0 Å². The second-order valence-corrected chi connectivity index (χ2v) is 37.0. The molecule has 0 saturated carbocycles. The smallest absolute Gasteiger partial charge is 0.145 e. The number of benzene rings is 16. The van der Waals surface area contributed by atoms with E-state index in [0.29, 0.717) is 50.1 Å². The molecule has 146 heavy (non-hydrogen) atoms. The first-order chi connectivity index (χ1) is 67.6. The predicted molar refractivity (Wildman–Crippen MR) is 591 cm³/mol. The first-order valence-electron chi connectivity index (χ1n) is 46.9. The number of aryl methyl sites for hydroxylation is 27. The molecule has 16 aromatic rings. The van der Waals surface area contributed by atoms with Gasteiger partial charge in [0.1, 0.15) is 92.3 Å². The molecule has 16 aromatic carbocycles. The quantitative estimate of drug-likeness (QED) is 0.105. The summed E-state index contributed by atoms with van der Waals surface area (Å²) in [6, 6.07) is 85.4. The van der Waals surface area contributed by atoms with Gasteiger partial charge in [-0.3, -0.25) is 0 Å². The Hall–Kier alpha value is -13.0. The Labute approximate surface area is 873 Å². The van der Waals surface area contributed by atoms with Crippen molar-refractivity contribution in [2.75, 3.05) is 0 Å². The maximum atomic E-state index is 12.6. The summed E-state index contributed by atoms with van der Waals surface area (Å²) in [5, 5.41) is -0.258. The summed E-state index contributed by atoms with van der Waals surface area (Å²) in [6.07, 6.45) is 0. The molecular weight excluding hydrogens is 1910 g/mol. The van der Waals surface area contributed by atoms with Gasteiger partial charge in [-0.2, -0.15) is 0 Å². The molecule has 0 unspecified atom stereocenters. The number of hydrogen-bond donors (Lipinski definition) is 0. The SMILES string of the molecule is C.Cc1cc(C)c(C)c(C)c1.Cc1cc(F)c(C)c(F)c1.Cc1cc(F)c(C)c(F)c1.Cc1cc(F)c(C)c(F)c1.Cc1cc(F)c(C)c(F)c1.Cc1cc(F)c(Cl)c(F)c1.Cc1ccc(C)c(F)c1.Cc1ccc(C)c(F)c1.Cc1ccc(C)c(F)c1.Cc1ccc(C)c(F)c1.Cc1ccc(C)cc1.Cc1ccc(C)cc1.Cc1ccc(C)cc1.Cc1ccc(C)cc1.Cc1ccc(C)cc1.Cc1ccc(Cl)c(F)c1. The number of hydrogen-bond acceptors (Lipinski definition) is 0. The minimum atomic E-state index is -0.709. The van der Waals surface area contributed by atoms with E-state index < -0.39 is 63.2 Å². The van der Waals surface area contributed by atoms with Crippen molar-refractivity contribution in [1.29, 1.82) is 0 Å². The third-order valence-corrected chi connectivity index (χ3v) is 22.0. The zero-order valence-electron chi connectivity index (χ0n) is 90.1. The van der Waals surface area contributed by atoms with Gasteiger partial charge in [0.15, 0.2) is 0 Å². The fourth-order valence-electron chi connectivity index (χ4n) is 11.6. The fourth-order valence-corrected chi connectivity index (χ4v) is 11.8. The van der Waals surface area contributed by atoms with E-state index in [-0.39, 0.29) is 63.8 Å². The second kappa shape index (κ2) is 69.2. The summed E-state index contributed by atoms with van der Waals surface area (Å²) < 4.78 is 189. The molecule has 0 amide bonds. The van der Waals surface area contributed by atoms with Crippen LogP contribution in [-0.4, -0.2) is 0 Å². The molecule has 16 rings (SSSR count). The van der Waals surface area contributed by atoms with Crippen molar-refractivity contribution in [1.82, 2.24) is 0 Å². The fraction of sp³-hybridized carbons (Fsp3) is 0.256. The van der Waals surface area contributed by atoms with Gasteiger partial charge >= 0.3 is 0 Å². The summed E-state index contributed by atoms with van der Waals surface area (Å²) in [5.74, 6) is -6.03. The van der Waals surface area contributed by atoms with Crippen LogP contribution in [0.5, 0.6) is 0 Å². The van der Waals surface area contributed by atoms with E-state index in [4.69, 9.17) is 23.2 Å². The Balaban J connectivity index is 0.00000154. The van der Waals surface area contributed by atoms with Crippen LogP contribution in [0.4, 0.5) is 65.9 Å². The molecular formula is C129H147Cl2F15. The summed E-state index contributed by atoms with van der Waals surface area (Å²) >= 11 is 10.6. The first-order valence-corrected chi connectivity index (χ1v) is 47.7. The third kappa shape index (κ3) is 56.5. The molecule has 0 saturated heterocycles. The third-order valence-electron chi connectivity index (χ3n) is 21.4. The van der Waals surface area contributed by atoms with Crippen molar-refractivity contribution in [2.24, 2.45) is 0 Å². The van der Waals surface area contributed by atoms with Crippen molar-refractivity contribution in [3.63, 3.8) is 0 Å². The molecule has 0 fully saturated rings. The van der Waals surface area contributed by atoms with Crippen LogP contribution in [0.15, 0.2) is 285 Å². The highest BCUT2D eigenvalue weighted by Crippen LogP contribution is 2.23. The maximum Gasteiger partial charge on any atom is 0.145 e. The van der Waals surface area contributed by atoms with E-state index in [1.54, 1.807) is 98.7 Å². The topological polar surface area (TPSA) is 0 Å². The van der Waals surface area contributed by atoms with E-state index in [1.165, 1.54) is 197 Å². The van der Waals surface area contributed by atoms with E-state index in [9.17, 15) is 65.9 Å². The molecule has 0 aliphatic rings. The Kier molecular flexibility index (Phi) is 63.0. The van der Waals surface area contributed by atoms with Crippen LogP contribution in [-0.2, 0) is 0 Å². The van der Waals surface area contributed by atoms with Gasteiger partial charge in [-0.05, 0) is 413 Å². The summed E-state index contributed by atoms with van der Waals surface area (Å²) in [6.45, 7) is 59.9. The van der Waals surface area contributed by atoms with Gasteiger partial charge in [0.2, 0.25) is 0 Å². The van der Waals surface area contributed by atoms with Crippen molar-refractivity contribution in [3.05, 3.63) is 560 Å². The van der Waals surface area contributed by atoms with Gasteiger partial charge in [-0.1, -0.05) is 280 Å². The molecule has 0 aliphatic carbocycles. The minimum absolute atomic E-state index is 0. The van der Waals surface area contributed by atoms with Gasteiger partial charge < -0.3 is 0 Å². The Morgan fingerprint density at radius 3 is 0.377 bits per heavy atom. The lowest BCUT2D eigenvalue weighted by Crippen LogP contribution is -1.89. The van der Waals surface area contributed by atoms with Crippen LogP contribution in [0, 0.1) is 309 Å². The Bertz CT molecular complexity index is 5390. The average Bonchev–Trinajstić information content (AvgIpc) is 0.878. The van der Waals surface area contributed by atoms with Crippen LogP contribution in [0.3, 0.4) is 0 Å². The van der Waals surface area contributed by atoms with Crippen LogP contribution in [0.25, 0.3) is 0 Å². The highest BCUT2D eigenvalue weighted by Gasteiger charge is 2.10. The molecule has 0 N–H and O–H groups in total. The molecule has 0 aliphatic heterocycles. The molecule has 0 bridgehead atoms. The van der Waals surface area contributed by atoms with Gasteiger partial charge in [0.05, 0.1) is 5.02 Å². The molecule has 17 heteroatoms. The minimum Gasteiger partial charge on any atom is -0.207 e. The normalized spacial score (nSPS) is 9.62. The van der Waals surface area contributed by atoms with Crippen molar-refractivity contribution < 1.29 is 65.9 Å². The molecule has 0 heterocycles. The molecule has 0 spiro atoms. The van der Waals surface area contributed by atoms with E-state index >= 15 is 0 Å². The lowest BCUT2D eigenvalue weighted by molar-refractivity contribution is 0.565. The van der Waals surface area contributed by atoms with E-state index in [2.05, 4.69) is 230 Å². The first kappa shape index (κ1) is 133. The Morgan fingerprint density at radius 1 is 0.116 bits per heavy atom. The zero-order chi connectivity index (χ0) is 111. The van der Waals surface area contributed by atoms with Gasteiger partial charge in [0, 0.05) is 22.3 Å². The standard InChI is InChI=1S/C10H14.4C8H8F2.4C8H9F.5C8H10.C7H5ClF2.C7H6ClF.CH4/c1-7-5-8(2)10(4)9(3)6-7;4*1-5-3-7(9)6(2)8(10)4-5;4*1-6-3-4-7(2)8(9)5-6;5*1-7-3-5-8(2)6-4-7;1-4-2-5(9)7(8)6(10)3-4;1-5-2-3-6(8)7(9)4-5;/h5-6H,1-4H3;4*3-4H,1-2H3;4*3-5H,1-2H3;5*3-6H,1-2H3;2-3H,1H3;2-4H,1H3;1H4. The molecule has 782 valence electrons. The average molecular weight is 2050 g/mol. The second-order valence-electron chi connectivity index (χ2n) is 36.2. The number of halogens is 17. The molecule has 0 atom stereocenters. The van der Waals surface area contributed by atoms with Crippen LogP contribution in [0.1, 0.15) is 185 Å². The summed E-state index contributed by atoms with van der Waals surface area (Å²) in [5.41, 5.74) is 29.8. The highest BCUT2D eigenvalue weighted by molar-refractivity contribution is 6.31. The van der Waals surface area contributed by atoms with Crippen LogP contribution >= 0.6 is 23.2 Å². The lowest BCUT2D eigenvalue weighted by Gasteiger charge is -2.04. The molecule has 0 nitrogen and oxygen atoms in total. The summed E-state index contributed by atoms with van der Waals surface area (Å²) in [7, 11) is 0. The van der Waals surface area contributed by atoms with Crippen LogP contribution in [0.2, 0.25) is 10.0 Å². The number of rotatable bonds is 0. The van der Waals surface area contributed by atoms with Crippen molar-refractivity contribution in [2.45, 2.75) is 229 Å². The van der Waals surface area contributed by atoms with Crippen molar-refractivity contribution >= 4 is 23.2 Å². The van der Waals surface area contributed by atoms with Gasteiger partial charge in [0.25, 0.3) is 0 Å². The van der Waals surface area contributed by atoms with E-state index in [1.807, 2.05) is 58.9 Å². The van der Waals surface area contributed by atoms with Gasteiger partial charge in [-0.15, -0.1) is 0 Å². The highest BCUT2D eigenvalue weighted by atomic mass is 35.5. The van der Waals surface area contributed by atoms with Gasteiger partial charge in [-0.25, -0.2) is 65.9 Å². The van der Waals surface area contributed by atoms with E-state index in [0.717, 1.165) is 27.8 Å². The van der Waals surface area contributed by atoms with Crippen LogP contribution < -0.4 is 0 Å². The molecule has 0 radical (unpaired) electrons.